The molecule has 0 aliphatic carbocycles. The van der Waals surface area contributed by atoms with Crippen molar-refractivity contribution in [3.63, 3.8) is 0 Å². The number of carbonyl (C=O) groups is 2. The van der Waals surface area contributed by atoms with Gasteiger partial charge in [0.15, 0.2) is 0 Å². The number of rotatable bonds is 0. The van der Waals surface area contributed by atoms with Crippen LogP contribution in [0.25, 0.3) is 0 Å². The van der Waals surface area contributed by atoms with Gasteiger partial charge in [0, 0.05) is 16.1 Å². The lowest BCUT2D eigenvalue weighted by Crippen LogP contribution is -2.28. The molecule has 2 rings (SSSR count). The number of hydrogen-bond acceptors (Lipinski definition) is 2. The number of imide groups is 1. The molecule has 0 aromatic heterocycles. The Bertz CT molecular complexity index is 428. The Hall–Kier alpha value is -0.910. The molecule has 0 fully saturated rings. The minimum absolute atomic E-state index is 0.175. The number of halogens is 1. The van der Waals surface area contributed by atoms with Crippen molar-refractivity contribution in [2.24, 2.45) is 0 Å². The number of fused-ring (bicyclic) bond motifs is 1. The Labute approximate surface area is 95.2 Å². The van der Waals surface area contributed by atoms with Crippen molar-refractivity contribution in [2.45, 2.75) is 13.5 Å². The molecule has 72 valence electrons. The van der Waals surface area contributed by atoms with Crippen molar-refractivity contribution in [3.8, 4) is 0 Å². The molecule has 0 saturated carbocycles. The number of amides is 2. The first-order chi connectivity index (χ1) is 6.59. The van der Waals surface area contributed by atoms with Gasteiger partial charge in [-0.3, -0.25) is 14.5 Å². The van der Waals surface area contributed by atoms with Crippen LogP contribution in [0, 0.1) is 3.57 Å². The Morgan fingerprint density at radius 1 is 1.50 bits per heavy atom. The monoisotopic (exact) mass is 301 g/mol. The summed E-state index contributed by atoms with van der Waals surface area (Å²) in [6.07, 6.45) is 0. The molecule has 1 aliphatic rings. The summed E-state index contributed by atoms with van der Waals surface area (Å²) in [6, 6.07) is 5.66. The van der Waals surface area contributed by atoms with Gasteiger partial charge >= 0.3 is 0 Å². The quantitative estimate of drug-likeness (QED) is 0.685. The van der Waals surface area contributed by atoms with Crippen molar-refractivity contribution in [3.05, 3.63) is 32.9 Å². The molecule has 0 bridgehead atoms. The van der Waals surface area contributed by atoms with Crippen molar-refractivity contribution < 1.29 is 9.59 Å². The Kier molecular flexibility index (Phi) is 2.30. The first-order valence-electron chi connectivity index (χ1n) is 4.20. The lowest BCUT2D eigenvalue weighted by atomic mass is 10.1. The van der Waals surface area contributed by atoms with Crippen molar-refractivity contribution in [1.29, 1.82) is 0 Å². The van der Waals surface area contributed by atoms with Crippen molar-refractivity contribution in [1.82, 2.24) is 4.90 Å². The van der Waals surface area contributed by atoms with Crippen molar-refractivity contribution in [2.75, 3.05) is 0 Å². The van der Waals surface area contributed by atoms with Gasteiger partial charge in [0.25, 0.3) is 5.91 Å². The Balaban J connectivity index is 2.46. The van der Waals surface area contributed by atoms with E-state index in [1.54, 1.807) is 0 Å². The van der Waals surface area contributed by atoms with Gasteiger partial charge in [-0.1, -0.05) is 6.07 Å². The average Bonchev–Trinajstić information content (AvgIpc) is 2.44. The molecule has 0 atom stereocenters. The molecule has 0 spiro atoms. The largest absolute Gasteiger partial charge is 0.275 e. The molecule has 1 aliphatic heterocycles. The topological polar surface area (TPSA) is 37.4 Å². The maximum Gasteiger partial charge on any atom is 0.261 e. The maximum absolute atomic E-state index is 11.7. The van der Waals surface area contributed by atoms with Gasteiger partial charge in [-0.15, -0.1) is 0 Å². The number of benzene rings is 1. The molecule has 4 heteroatoms. The predicted molar refractivity (Wildman–Crippen MR) is 59.7 cm³/mol. The van der Waals surface area contributed by atoms with Gasteiger partial charge in [-0.25, -0.2) is 0 Å². The van der Waals surface area contributed by atoms with Gasteiger partial charge in [-0.05, 0) is 40.3 Å². The van der Waals surface area contributed by atoms with E-state index in [-0.39, 0.29) is 11.8 Å². The minimum Gasteiger partial charge on any atom is -0.275 e. The van der Waals surface area contributed by atoms with Gasteiger partial charge < -0.3 is 0 Å². The van der Waals surface area contributed by atoms with Crippen LogP contribution >= 0.6 is 22.6 Å². The molecule has 1 aromatic rings. The van der Waals surface area contributed by atoms with Gasteiger partial charge in [0.05, 0.1) is 6.54 Å². The van der Waals surface area contributed by atoms with Crippen LogP contribution < -0.4 is 0 Å². The maximum atomic E-state index is 11.7. The van der Waals surface area contributed by atoms with Gasteiger partial charge in [0.1, 0.15) is 0 Å². The van der Waals surface area contributed by atoms with E-state index in [0.717, 1.165) is 9.13 Å². The summed E-state index contributed by atoms with van der Waals surface area (Å²) in [5, 5.41) is 0. The zero-order valence-corrected chi connectivity index (χ0v) is 9.74. The molecule has 1 heterocycles. The van der Waals surface area contributed by atoms with Crippen LogP contribution in [0.5, 0.6) is 0 Å². The average molecular weight is 301 g/mol. The number of carbonyl (C=O) groups excluding carboxylic acids is 2. The fraction of sp³-hybridized carbons (Fsp3) is 0.200. The summed E-state index contributed by atoms with van der Waals surface area (Å²) in [5.41, 5.74) is 1.60. The SMILES string of the molecule is CC(=O)N1Cc2ccc(I)cc2C1=O. The van der Waals surface area contributed by atoms with Crippen LogP contribution in [0.1, 0.15) is 22.8 Å². The highest BCUT2D eigenvalue weighted by Gasteiger charge is 2.29. The van der Waals surface area contributed by atoms with E-state index in [0.29, 0.717) is 12.1 Å². The summed E-state index contributed by atoms with van der Waals surface area (Å²) >= 11 is 2.15. The Morgan fingerprint density at radius 3 is 2.86 bits per heavy atom. The van der Waals surface area contributed by atoms with Crippen LogP contribution in [0.15, 0.2) is 18.2 Å². The molecule has 0 unspecified atom stereocenters. The van der Waals surface area contributed by atoms with Crippen molar-refractivity contribution >= 4 is 34.4 Å². The second-order valence-electron chi connectivity index (χ2n) is 3.21. The van der Waals surface area contributed by atoms with Gasteiger partial charge in [0.2, 0.25) is 5.91 Å². The standard InChI is InChI=1S/C10H8INO2/c1-6(13)12-5-7-2-3-8(11)4-9(7)10(12)14/h2-4H,5H2,1H3. The summed E-state index contributed by atoms with van der Waals surface area (Å²) in [7, 11) is 0. The normalized spacial score (nSPS) is 14.4. The summed E-state index contributed by atoms with van der Waals surface area (Å²) in [5.74, 6) is -0.368. The zero-order chi connectivity index (χ0) is 10.3. The van der Waals surface area contributed by atoms with Crippen LogP contribution in [-0.2, 0) is 11.3 Å². The smallest absolute Gasteiger partial charge is 0.261 e. The molecule has 0 saturated heterocycles. The third-order valence-corrected chi connectivity index (χ3v) is 2.93. The molecule has 2 amide bonds. The van der Waals surface area contributed by atoms with E-state index >= 15 is 0 Å². The van der Waals surface area contributed by atoms with Crippen LogP contribution in [0.3, 0.4) is 0 Å². The lowest BCUT2D eigenvalue weighted by Gasteiger charge is -2.08. The highest BCUT2D eigenvalue weighted by Crippen LogP contribution is 2.24. The molecule has 0 radical (unpaired) electrons. The highest BCUT2D eigenvalue weighted by atomic mass is 127. The van der Waals surface area contributed by atoms with Crippen LogP contribution in [0.2, 0.25) is 0 Å². The van der Waals surface area contributed by atoms with E-state index in [9.17, 15) is 9.59 Å². The third-order valence-electron chi connectivity index (χ3n) is 2.26. The van der Waals surface area contributed by atoms with E-state index in [4.69, 9.17) is 0 Å². The molecule has 0 N–H and O–H groups in total. The number of hydrogen-bond donors (Lipinski definition) is 0. The summed E-state index contributed by atoms with van der Waals surface area (Å²) in [4.78, 5) is 24.1. The molecular formula is C10H8INO2. The zero-order valence-electron chi connectivity index (χ0n) is 7.58. The fourth-order valence-corrected chi connectivity index (χ4v) is 2.02. The van der Waals surface area contributed by atoms with Crippen LogP contribution in [0.4, 0.5) is 0 Å². The molecule has 1 aromatic carbocycles. The molecular weight excluding hydrogens is 293 g/mol. The summed E-state index contributed by atoms with van der Waals surface area (Å²) in [6.45, 7) is 1.83. The van der Waals surface area contributed by atoms with Gasteiger partial charge in [-0.2, -0.15) is 0 Å². The Morgan fingerprint density at radius 2 is 2.21 bits per heavy atom. The second-order valence-corrected chi connectivity index (χ2v) is 4.46. The van der Waals surface area contributed by atoms with E-state index in [2.05, 4.69) is 22.6 Å². The van der Waals surface area contributed by atoms with E-state index < -0.39 is 0 Å². The lowest BCUT2D eigenvalue weighted by molar-refractivity contribution is -0.126. The second kappa shape index (κ2) is 3.34. The van der Waals surface area contributed by atoms with E-state index in [1.807, 2.05) is 18.2 Å². The number of nitrogens with zero attached hydrogens (tertiary/aromatic N) is 1. The minimum atomic E-state index is -0.193. The third kappa shape index (κ3) is 1.43. The van der Waals surface area contributed by atoms with E-state index in [1.165, 1.54) is 11.8 Å². The molecule has 3 nitrogen and oxygen atoms in total. The molecule has 14 heavy (non-hydrogen) atoms. The first-order valence-corrected chi connectivity index (χ1v) is 5.28. The fourth-order valence-electron chi connectivity index (χ4n) is 1.53. The first kappa shape index (κ1) is 9.64. The summed E-state index contributed by atoms with van der Waals surface area (Å²) < 4.78 is 1.01. The predicted octanol–water partition coefficient (Wildman–Crippen LogP) is 1.79. The highest BCUT2D eigenvalue weighted by molar-refractivity contribution is 14.1. The van der Waals surface area contributed by atoms with Crippen LogP contribution in [-0.4, -0.2) is 16.7 Å².